The van der Waals surface area contributed by atoms with Crippen molar-refractivity contribution >= 4 is 66.5 Å². The maximum Gasteiger partial charge on any atom is 0.264 e. The van der Waals surface area contributed by atoms with Crippen LogP contribution in [0.25, 0.3) is 11.8 Å². The fourth-order valence-corrected chi connectivity index (χ4v) is 4.38. The van der Waals surface area contributed by atoms with Gasteiger partial charge in [-0.3, -0.25) is 4.79 Å². The van der Waals surface area contributed by atoms with Gasteiger partial charge in [-0.15, -0.1) is 0 Å². The van der Waals surface area contributed by atoms with E-state index in [4.69, 9.17) is 0 Å². The van der Waals surface area contributed by atoms with Gasteiger partial charge in [0, 0.05) is 26.5 Å². The van der Waals surface area contributed by atoms with Gasteiger partial charge in [0.1, 0.15) is 0 Å². The highest BCUT2D eigenvalue weighted by Gasteiger charge is 2.24. The van der Waals surface area contributed by atoms with E-state index in [-0.39, 0.29) is 5.91 Å². The van der Waals surface area contributed by atoms with Gasteiger partial charge >= 0.3 is 0 Å². The zero-order valence-electron chi connectivity index (χ0n) is 14.8. The average molecular weight is 517 g/mol. The van der Waals surface area contributed by atoms with Crippen molar-refractivity contribution in [2.75, 3.05) is 0 Å². The summed E-state index contributed by atoms with van der Waals surface area (Å²) in [5, 5.41) is 3.44. The Morgan fingerprint density at radius 3 is 2.57 bits per heavy atom. The Bertz CT molecular complexity index is 1120. The minimum atomic E-state index is -0.137. The molecule has 2 heterocycles. The van der Waals surface area contributed by atoms with Gasteiger partial charge in [0.15, 0.2) is 5.17 Å². The summed E-state index contributed by atoms with van der Waals surface area (Å²) in [7, 11) is 0. The monoisotopic (exact) mass is 515 g/mol. The molecule has 28 heavy (non-hydrogen) atoms. The van der Waals surface area contributed by atoms with Crippen LogP contribution in [0.15, 0.2) is 79.6 Å². The van der Waals surface area contributed by atoms with E-state index in [0.29, 0.717) is 10.1 Å². The lowest BCUT2D eigenvalue weighted by Gasteiger charge is -2.07. The summed E-state index contributed by atoms with van der Waals surface area (Å²) >= 11 is 8.26. The third kappa shape index (κ3) is 4.16. The van der Waals surface area contributed by atoms with Gasteiger partial charge in [0.05, 0.1) is 10.6 Å². The zero-order valence-corrected chi connectivity index (χ0v) is 18.8. The van der Waals surface area contributed by atoms with Crippen LogP contribution in [-0.2, 0) is 4.79 Å². The highest BCUT2D eigenvalue weighted by atomic mass is 79.9. The molecule has 1 aromatic heterocycles. The zero-order chi connectivity index (χ0) is 19.7. The third-order valence-electron chi connectivity index (χ3n) is 4.20. The van der Waals surface area contributed by atoms with Gasteiger partial charge in [-0.05, 0) is 84.9 Å². The van der Waals surface area contributed by atoms with E-state index in [9.17, 15) is 4.79 Å². The van der Waals surface area contributed by atoms with Crippen molar-refractivity contribution in [3.63, 3.8) is 0 Å². The number of hydrogen-bond donors (Lipinski definition) is 1. The first-order chi connectivity index (χ1) is 13.5. The van der Waals surface area contributed by atoms with Crippen LogP contribution in [0.4, 0.5) is 5.69 Å². The molecule has 0 atom stereocenters. The number of halogens is 2. The van der Waals surface area contributed by atoms with Gasteiger partial charge in [-0.2, -0.15) is 0 Å². The molecule has 1 aliphatic heterocycles. The molecule has 4 nitrogen and oxygen atoms in total. The molecule has 4 rings (SSSR count). The van der Waals surface area contributed by atoms with Gasteiger partial charge in [-0.1, -0.05) is 31.9 Å². The number of nitrogens with zero attached hydrogens (tertiary/aromatic N) is 2. The molecule has 1 saturated heterocycles. The van der Waals surface area contributed by atoms with E-state index in [1.54, 1.807) is 0 Å². The van der Waals surface area contributed by atoms with Crippen LogP contribution in [0, 0.1) is 6.92 Å². The summed E-state index contributed by atoms with van der Waals surface area (Å²) in [4.78, 5) is 17.6. The Kier molecular flexibility index (Phi) is 5.57. The lowest BCUT2D eigenvalue weighted by molar-refractivity contribution is -0.115. The molecule has 0 bridgehead atoms. The van der Waals surface area contributed by atoms with E-state index in [1.165, 1.54) is 11.8 Å². The molecular weight excluding hydrogens is 502 g/mol. The third-order valence-corrected chi connectivity index (χ3v) is 6.13. The Hall–Kier alpha value is -2.09. The molecule has 1 fully saturated rings. The van der Waals surface area contributed by atoms with Crippen molar-refractivity contribution in [2.45, 2.75) is 6.92 Å². The van der Waals surface area contributed by atoms with E-state index in [1.807, 2.05) is 78.4 Å². The summed E-state index contributed by atoms with van der Waals surface area (Å²) in [5.74, 6) is -0.137. The predicted molar refractivity (Wildman–Crippen MR) is 123 cm³/mol. The second-order valence-electron chi connectivity index (χ2n) is 6.19. The van der Waals surface area contributed by atoms with Crippen molar-refractivity contribution in [3.05, 3.63) is 85.9 Å². The normalized spacial score (nSPS) is 16.8. The van der Waals surface area contributed by atoms with Crippen LogP contribution in [0.2, 0.25) is 0 Å². The fourth-order valence-electron chi connectivity index (χ4n) is 2.82. The molecule has 0 spiro atoms. The van der Waals surface area contributed by atoms with Crippen molar-refractivity contribution in [3.8, 4) is 5.69 Å². The van der Waals surface area contributed by atoms with Crippen LogP contribution in [0.1, 0.15) is 11.3 Å². The second kappa shape index (κ2) is 8.11. The van der Waals surface area contributed by atoms with Crippen LogP contribution in [-0.4, -0.2) is 15.6 Å². The SMILES string of the molecule is Cc1cc(Br)ccc1N=C1NC(=O)/C(=C/c2cccn2-c2ccc(Br)cc2)S1. The molecule has 1 amide bonds. The number of carbonyl (C=O) groups is 1. The summed E-state index contributed by atoms with van der Waals surface area (Å²) in [6, 6.07) is 17.9. The van der Waals surface area contributed by atoms with Crippen LogP contribution in [0.3, 0.4) is 0 Å². The number of aliphatic imine (C=N–C) groups is 1. The van der Waals surface area contributed by atoms with E-state index >= 15 is 0 Å². The molecule has 0 saturated carbocycles. The highest BCUT2D eigenvalue weighted by molar-refractivity contribution is 9.10. The van der Waals surface area contributed by atoms with E-state index in [0.717, 1.165) is 31.6 Å². The minimum Gasteiger partial charge on any atom is -0.317 e. The second-order valence-corrected chi connectivity index (χ2v) is 9.05. The maximum absolute atomic E-state index is 12.4. The fraction of sp³-hybridized carbons (Fsp3) is 0.0476. The Balaban J connectivity index is 1.62. The lowest BCUT2D eigenvalue weighted by atomic mass is 10.2. The van der Waals surface area contributed by atoms with E-state index in [2.05, 4.69) is 42.2 Å². The molecule has 0 radical (unpaired) electrons. The van der Waals surface area contributed by atoms with Crippen molar-refractivity contribution in [1.29, 1.82) is 0 Å². The molecule has 3 aromatic rings. The van der Waals surface area contributed by atoms with Crippen molar-refractivity contribution < 1.29 is 4.79 Å². The Labute approximate surface area is 184 Å². The largest absolute Gasteiger partial charge is 0.317 e. The number of thioether (sulfide) groups is 1. The average Bonchev–Trinajstić information content (AvgIpc) is 3.25. The molecule has 0 aliphatic carbocycles. The van der Waals surface area contributed by atoms with Crippen LogP contribution >= 0.6 is 43.6 Å². The minimum absolute atomic E-state index is 0.137. The molecule has 1 N–H and O–H groups in total. The summed E-state index contributed by atoms with van der Waals surface area (Å²) in [6.07, 6.45) is 3.87. The van der Waals surface area contributed by atoms with Crippen molar-refractivity contribution in [1.82, 2.24) is 9.88 Å². The van der Waals surface area contributed by atoms with E-state index < -0.39 is 0 Å². The molecular formula is C21H15Br2N3OS. The molecule has 0 unspecified atom stereocenters. The Morgan fingerprint density at radius 1 is 1.07 bits per heavy atom. The molecule has 1 aliphatic rings. The van der Waals surface area contributed by atoms with Crippen molar-refractivity contribution in [2.24, 2.45) is 4.99 Å². The number of nitrogens with one attached hydrogen (secondary N) is 1. The van der Waals surface area contributed by atoms with Crippen LogP contribution in [0.5, 0.6) is 0 Å². The number of carbonyl (C=O) groups excluding carboxylic acids is 1. The topological polar surface area (TPSA) is 46.4 Å². The summed E-state index contributed by atoms with van der Waals surface area (Å²) in [5.41, 5.74) is 3.84. The number of benzene rings is 2. The number of aryl methyl sites for hydroxylation is 1. The number of amidine groups is 1. The predicted octanol–water partition coefficient (Wildman–Crippen LogP) is 6.20. The highest BCUT2D eigenvalue weighted by Crippen LogP contribution is 2.30. The van der Waals surface area contributed by atoms with Gasteiger partial charge in [0.2, 0.25) is 0 Å². The van der Waals surface area contributed by atoms with Gasteiger partial charge < -0.3 is 9.88 Å². The number of rotatable bonds is 3. The van der Waals surface area contributed by atoms with Crippen LogP contribution < -0.4 is 5.32 Å². The number of hydrogen-bond acceptors (Lipinski definition) is 3. The summed E-state index contributed by atoms with van der Waals surface area (Å²) in [6.45, 7) is 1.99. The maximum atomic E-state index is 12.4. The van der Waals surface area contributed by atoms with Gasteiger partial charge in [-0.25, -0.2) is 4.99 Å². The lowest BCUT2D eigenvalue weighted by Crippen LogP contribution is -2.19. The first kappa shape index (κ1) is 19.2. The smallest absolute Gasteiger partial charge is 0.264 e. The Morgan fingerprint density at radius 2 is 1.82 bits per heavy atom. The first-order valence-electron chi connectivity index (χ1n) is 8.49. The molecule has 2 aromatic carbocycles. The van der Waals surface area contributed by atoms with Gasteiger partial charge in [0.25, 0.3) is 5.91 Å². The summed E-state index contributed by atoms with van der Waals surface area (Å²) < 4.78 is 4.07. The molecule has 7 heteroatoms. The quantitative estimate of drug-likeness (QED) is 0.421. The number of amides is 1. The number of aromatic nitrogens is 1. The standard InChI is InChI=1S/C21H15Br2N3OS/c1-13-11-15(23)6-9-18(13)24-21-25-20(27)19(28-21)12-17-3-2-10-26(17)16-7-4-14(22)5-8-16/h2-12H,1H3,(H,24,25,27)/b19-12-. The molecule has 140 valence electrons. The first-order valence-corrected chi connectivity index (χ1v) is 10.9.